The molecular weight excluding hydrogens is 346 g/mol. The molecule has 0 spiro atoms. The summed E-state index contributed by atoms with van der Waals surface area (Å²) in [6, 6.07) is 3.92. The Balaban J connectivity index is 2.70. The largest absolute Gasteiger partial charge is 0.496 e. The first-order valence-corrected chi connectivity index (χ1v) is 8.37. The van der Waals surface area contributed by atoms with Crippen molar-refractivity contribution in [2.24, 2.45) is 0 Å². The first-order valence-electron chi connectivity index (χ1n) is 7.58. The minimum Gasteiger partial charge on any atom is -0.496 e. The zero-order chi connectivity index (χ0) is 16.3. The maximum atomic E-state index is 12.4. The first-order chi connectivity index (χ1) is 10.5. The SMILES string of the molecule is CCCCn1c(C)c(C(=O)OCC)c2cc(OC)c(Br)cc21. The summed E-state index contributed by atoms with van der Waals surface area (Å²) in [6.45, 7) is 7.21. The maximum absolute atomic E-state index is 12.4. The van der Waals surface area contributed by atoms with Gasteiger partial charge in [-0.25, -0.2) is 4.79 Å². The molecule has 2 aromatic rings. The molecule has 0 N–H and O–H groups in total. The summed E-state index contributed by atoms with van der Waals surface area (Å²) < 4.78 is 13.7. The number of benzene rings is 1. The van der Waals surface area contributed by atoms with Gasteiger partial charge in [0.05, 0.1) is 29.3 Å². The molecule has 0 aliphatic carbocycles. The fourth-order valence-electron chi connectivity index (χ4n) is 2.70. The number of hydrogen-bond acceptors (Lipinski definition) is 3. The van der Waals surface area contributed by atoms with Crippen molar-refractivity contribution in [2.45, 2.75) is 40.2 Å². The Morgan fingerprint density at radius 1 is 1.32 bits per heavy atom. The van der Waals surface area contributed by atoms with Crippen LogP contribution in [-0.2, 0) is 11.3 Å². The van der Waals surface area contributed by atoms with E-state index in [4.69, 9.17) is 9.47 Å². The number of fused-ring (bicyclic) bond motifs is 1. The topological polar surface area (TPSA) is 40.5 Å². The van der Waals surface area contributed by atoms with Crippen LogP contribution in [0.3, 0.4) is 0 Å². The molecule has 0 aliphatic rings. The van der Waals surface area contributed by atoms with Crippen LogP contribution in [-0.4, -0.2) is 24.3 Å². The predicted molar refractivity (Wildman–Crippen MR) is 91.8 cm³/mol. The number of unbranched alkanes of at least 4 members (excludes halogenated alkanes) is 1. The van der Waals surface area contributed by atoms with E-state index in [0.29, 0.717) is 17.9 Å². The van der Waals surface area contributed by atoms with Crippen molar-refractivity contribution >= 4 is 32.8 Å². The van der Waals surface area contributed by atoms with Gasteiger partial charge in [-0.15, -0.1) is 0 Å². The van der Waals surface area contributed by atoms with Gasteiger partial charge < -0.3 is 14.0 Å². The highest BCUT2D eigenvalue weighted by Crippen LogP contribution is 2.35. The molecule has 0 amide bonds. The minimum atomic E-state index is -0.273. The van der Waals surface area contributed by atoms with Crippen LogP contribution in [0.15, 0.2) is 16.6 Å². The number of aromatic nitrogens is 1. The number of halogens is 1. The Kier molecular flexibility index (Phi) is 5.51. The highest BCUT2D eigenvalue weighted by molar-refractivity contribution is 9.10. The fourth-order valence-corrected chi connectivity index (χ4v) is 3.19. The van der Waals surface area contributed by atoms with Gasteiger partial charge in [0.25, 0.3) is 0 Å². The number of hydrogen-bond donors (Lipinski definition) is 0. The van der Waals surface area contributed by atoms with Gasteiger partial charge in [-0.3, -0.25) is 0 Å². The second-order valence-corrected chi connectivity index (χ2v) is 6.04. The zero-order valence-electron chi connectivity index (χ0n) is 13.5. The first kappa shape index (κ1) is 16.9. The van der Waals surface area contributed by atoms with Gasteiger partial charge in [-0.2, -0.15) is 0 Å². The Bertz CT molecular complexity index is 691. The molecule has 0 radical (unpaired) electrons. The molecule has 0 atom stereocenters. The molecule has 1 aromatic heterocycles. The summed E-state index contributed by atoms with van der Waals surface area (Å²) in [7, 11) is 1.62. The summed E-state index contributed by atoms with van der Waals surface area (Å²) in [5.41, 5.74) is 2.61. The second kappa shape index (κ2) is 7.18. The van der Waals surface area contributed by atoms with E-state index in [2.05, 4.69) is 27.4 Å². The zero-order valence-corrected chi connectivity index (χ0v) is 15.1. The molecule has 0 aliphatic heterocycles. The van der Waals surface area contributed by atoms with E-state index in [1.165, 1.54) is 0 Å². The van der Waals surface area contributed by atoms with E-state index < -0.39 is 0 Å². The Hall–Kier alpha value is -1.49. The molecular formula is C17H22BrNO3. The van der Waals surface area contributed by atoms with Crippen LogP contribution in [0.5, 0.6) is 5.75 Å². The molecule has 0 bridgehead atoms. The molecule has 5 heteroatoms. The van der Waals surface area contributed by atoms with Crippen LogP contribution in [0, 0.1) is 6.92 Å². The lowest BCUT2D eigenvalue weighted by molar-refractivity contribution is 0.0527. The highest BCUT2D eigenvalue weighted by atomic mass is 79.9. The number of rotatable bonds is 6. The monoisotopic (exact) mass is 367 g/mol. The van der Waals surface area contributed by atoms with Gasteiger partial charge in [0, 0.05) is 17.6 Å². The van der Waals surface area contributed by atoms with Crippen molar-refractivity contribution < 1.29 is 14.3 Å². The van der Waals surface area contributed by atoms with Crippen LogP contribution in [0.2, 0.25) is 0 Å². The van der Waals surface area contributed by atoms with E-state index in [0.717, 1.165) is 40.5 Å². The molecule has 4 nitrogen and oxygen atoms in total. The molecule has 1 heterocycles. The number of nitrogens with zero attached hydrogens (tertiary/aromatic N) is 1. The van der Waals surface area contributed by atoms with E-state index in [-0.39, 0.29) is 5.97 Å². The van der Waals surface area contributed by atoms with E-state index in [9.17, 15) is 4.79 Å². The van der Waals surface area contributed by atoms with Gasteiger partial charge >= 0.3 is 5.97 Å². The molecule has 0 saturated carbocycles. The van der Waals surface area contributed by atoms with Crippen LogP contribution >= 0.6 is 15.9 Å². The van der Waals surface area contributed by atoms with Crippen molar-refractivity contribution in [1.29, 1.82) is 0 Å². The van der Waals surface area contributed by atoms with Crippen molar-refractivity contribution in [2.75, 3.05) is 13.7 Å². The third-order valence-electron chi connectivity index (χ3n) is 3.81. The molecule has 1 aromatic carbocycles. The average Bonchev–Trinajstić information content (AvgIpc) is 2.75. The van der Waals surface area contributed by atoms with E-state index in [1.54, 1.807) is 7.11 Å². The van der Waals surface area contributed by atoms with E-state index >= 15 is 0 Å². The third kappa shape index (κ3) is 3.00. The quantitative estimate of drug-likeness (QED) is 0.694. The van der Waals surface area contributed by atoms with E-state index in [1.807, 2.05) is 26.0 Å². The van der Waals surface area contributed by atoms with Crippen molar-refractivity contribution in [3.8, 4) is 5.75 Å². The molecule has 2 rings (SSSR count). The Morgan fingerprint density at radius 3 is 2.64 bits per heavy atom. The summed E-state index contributed by atoms with van der Waals surface area (Å²) >= 11 is 3.53. The summed E-state index contributed by atoms with van der Waals surface area (Å²) in [6.07, 6.45) is 2.17. The van der Waals surface area contributed by atoms with Crippen molar-refractivity contribution in [1.82, 2.24) is 4.57 Å². The Labute approximate surface area is 139 Å². The lowest BCUT2D eigenvalue weighted by atomic mass is 10.1. The van der Waals surface area contributed by atoms with Crippen LogP contribution in [0.4, 0.5) is 0 Å². The number of carbonyl (C=O) groups excluding carboxylic acids is 1. The number of carbonyl (C=O) groups is 1. The normalized spacial score (nSPS) is 11.0. The molecule has 0 saturated heterocycles. The predicted octanol–water partition coefficient (Wildman–Crippen LogP) is 4.70. The van der Waals surface area contributed by atoms with Gasteiger partial charge in [0.2, 0.25) is 0 Å². The molecule has 0 unspecified atom stereocenters. The lowest BCUT2D eigenvalue weighted by Crippen LogP contribution is -2.07. The van der Waals surface area contributed by atoms with Gasteiger partial charge in [-0.05, 0) is 48.3 Å². The molecule has 0 fully saturated rings. The number of ether oxygens (including phenoxy) is 2. The maximum Gasteiger partial charge on any atom is 0.340 e. The van der Waals surface area contributed by atoms with Crippen molar-refractivity contribution in [3.05, 3.63) is 27.9 Å². The molecule has 22 heavy (non-hydrogen) atoms. The second-order valence-electron chi connectivity index (χ2n) is 5.19. The number of methoxy groups -OCH3 is 1. The van der Waals surface area contributed by atoms with Gasteiger partial charge in [0.15, 0.2) is 0 Å². The minimum absolute atomic E-state index is 0.273. The van der Waals surface area contributed by atoms with Gasteiger partial charge in [-0.1, -0.05) is 13.3 Å². The fraction of sp³-hybridized carbons (Fsp3) is 0.471. The summed E-state index contributed by atoms with van der Waals surface area (Å²) in [5.74, 6) is 0.440. The molecule has 120 valence electrons. The number of aryl methyl sites for hydroxylation is 1. The van der Waals surface area contributed by atoms with Crippen LogP contribution in [0.1, 0.15) is 42.7 Å². The van der Waals surface area contributed by atoms with Crippen LogP contribution in [0.25, 0.3) is 10.9 Å². The summed E-state index contributed by atoms with van der Waals surface area (Å²) in [5, 5.41) is 0.882. The van der Waals surface area contributed by atoms with Gasteiger partial charge in [0.1, 0.15) is 5.75 Å². The highest BCUT2D eigenvalue weighted by Gasteiger charge is 2.22. The third-order valence-corrected chi connectivity index (χ3v) is 4.43. The lowest BCUT2D eigenvalue weighted by Gasteiger charge is -2.08. The summed E-state index contributed by atoms with van der Waals surface area (Å²) in [4.78, 5) is 12.4. The van der Waals surface area contributed by atoms with Crippen molar-refractivity contribution in [3.63, 3.8) is 0 Å². The Morgan fingerprint density at radius 2 is 2.05 bits per heavy atom. The standard InChI is InChI=1S/C17H22BrNO3/c1-5-7-8-19-11(3)16(17(20)22-6-2)12-9-15(21-4)13(18)10-14(12)19/h9-10H,5-8H2,1-4H3. The number of esters is 1. The smallest absolute Gasteiger partial charge is 0.340 e. The van der Waals surface area contributed by atoms with Crippen LogP contribution < -0.4 is 4.74 Å². The average molecular weight is 368 g/mol.